The van der Waals surface area contributed by atoms with Crippen LogP contribution in [0.15, 0.2) is 36.5 Å². The van der Waals surface area contributed by atoms with Gasteiger partial charge in [0.15, 0.2) is 0 Å². The SMILES string of the molecule is Cc1c(/C=C/CN2CCN(c3cc(F)cc(F)c3)CC2C)cnn1-c1nc(N)cc(N2CC(O)C2)n1. The lowest BCUT2D eigenvalue weighted by atomic mass is 10.1. The number of halogens is 2. The van der Waals surface area contributed by atoms with E-state index in [4.69, 9.17) is 5.73 Å². The van der Waals surface area contributed by atoms with Gasteiger partial charge in [0.05, 0.1) is 18.0 Å². The molecule has 2 saturated heterocycles. The number of piperazine rings is 1. The van der Waals surface area contributed by atoms with Gasteiger partial charge in [0.1, 0.15) is 23.3 Å². The summed E-state index contributed by atoms with van der Waals surface area (Å²) < 4.78 is 28.9. The van der Waals surface area contributed by atoms with Crippen molar-refractivity contribution in [1.29, 1.82) is 0 Å². The third-order valence-corrected chi connectivity index (χ3v) is 6.76. The van der Waals surface area contributed by atoms with Crippen LogP contribution in [-0.2, 0) is 0 Å². The Balaban J connectivity index is 1.22. The average molecular weight is 497 g/mol. The van der Waals surface area contributed by atoms with Gasteiger partial charge < -0.3 is 20.6 Å². The fourth-order valence-corrected chi connectivity index (χ4v) is 4.66. The summed E-state index contributed by atoms with van der Waals surface area (Å²) in [6, 6.07) is 5.57. The zero-order valence-electron chi connectivity index (χ0n) is 20.3. The summed E-state index contributed by atoms with van der Waals surface area (Å²) in [5.74, 6) is 0.291. The molecule has 36 heavy (non-hydrogen) atoms. The number of nitrogens with zero attached hydrogens (tertiary/aromatic N) is 7. The first-order valence-corrected chi connectivity index (χ1v) is 12.0. The predicted octanol–water partition coefficient (Wildman–Crippen LogP) is 2.24. The lowest BCUT2D eigenvalue weighted by molar-refractivity contribution is 0.141. The van der Waals surface area contributed by atoms with E-state index in [0.717, 1.165) is 30.4 Å². The third-order valence-electron chi connectivity index (χ3n) is 6.76. The highest BCUT2D eigenvalue weighted by molar-refractivity contribution is 5.54. The summed E-state index contributed by atoms with van der Waals surface area (Å²) in [6.45, 7) is 8.02. The Kier molecular flexibility index (Phi) is 6.59. The van der Waals surface area contributed by atoms with Crippen LogP contribution in [0.1, 0.15) is 18.2 Å². The fraction of sp³-hybridized carbons (Fsp3) is 0.400. The van der Waals surface area contributed by atoms with Crippen LogP contribution >= 0.6 is 0 Å². The molecular formula is C25H30F2N8O. The number of rotatable bonds is 6. The Morgan fingerprint density at radius 2 is 1.81 bits per heavy atom. The predicted molar refractivity (Wildman–Crippen MR) is 135 cm³/mol. The Morgan fingerprint density at radius 1 is 1.06 bits per heavy atom. The van der Waals surface area contributed by atoms with Gasteiger partial charge in [0.25, 0.3) is 5.95 Å². The van der Waals surface area contributed by atoms with Gasteiger partial charge in [0.2, 0.25) is 0 Å². The quantitative estimate of drug-likeness (QED) is 0.536. The summed E-state index contributed by atoms with van der Waals surface area (Å²) in [6.07, 6.45) is 5.54. The molecule has 2 aliphatic rings. The van der Waals surface area contributed by atoms with Gasteiger partial charge in [-0.15, -0.1) is 0 Å². The number of nitrogen functional groups attached to an aromatic ring is 1. The van der Waals surface area contributed by atoms with Crippen molar-refractivity contribution in [2.75, 3.05) is 54.8 Å². The minimum Gasteiger partial charge on any atom is -0.389 e. The Bertz CT molecular complexity index is 1250. The van der Waals surface area contributed by atoms with Crippen molar-refractivity contribution in [2.24, 2.45) is 0 Å². The second-order valence-corrected chi connectivity index (χ2v) is 9.43. The van der Waals surface area contributed by atoms with E-state index in [1.54, 1.807) is 16.9 Å². The van der Waals surface area contributed by atoms with Crippen LogP contribution in [-0.4, -0.2) is 81.2 Å². The first-order valence-electron chi connectivity index (χ1n) is 12.0. The molecule has 2 aliphatic heterocycles. The standard InChI is InChI=1S/C25H30F2N8O/c1-16-13-33(21-9-19(26)8-20(27)10-21)7-6-32(16)5-3-4-18-12-29-35(17(18)2)25-30-23(28)11-24(31-25)34-14-22(36)15-34/h3-4,8-12,16,22,36H,5-7,13-15H2,1-2H3,(H2,28,30,31)/b4-3+. The molecule has 4 heterocycles. The minimum atomic E-state index is -0.557. The van der Waals surface area contributed by atoms with E-state index in [0.29, 0.717) is 49.5 Å². The number of hydrogen-bond acceptors (Lipinski definition) is 8. The zero-order chi connectivity index (χ0) is 25.4. The van der Waals surface area contributed by atoms with Crippen LogP contribution < -0.4 is 15.5 Å². The molecule has 9 nitrogen and oxygen atoms in total. The summed E-state index contributed by atoms with van der Waals surface area (Å²) in [7, 11) is 0. The molecule has 1 aromatic carbocycles. The molecule has 190 valence electrons. The molecule has 0 amide bonds. The summed E-state index contributed by atoms with van der Waals surface area (Å²) in [5, 5.41) is 14.0. The van der Waals surface area contributed by atoms with Gasteiger partial charge in [-0.25, -0.2) is 13.5 Å². The van der Waals surface area contributed by atoms with Crippen LogP contribution in [0.2, 0.25) is 0 Å². The summed E-state index contributed by atoms with van der Waals surface area (Å²) in [5.41, 5.74) is 8.41. The van der Waals surface area contributed by atoms with E-state index in [9.17, 15) is 13.9 Å². The molecule has 5 rings (SSSR count). The van der Waals surface area contributed by atoms with E-state index >= 15 is 0 Å². The van der Waals surface area contributed by atoms with E-state index < -0.39 is 11.6 Å². The number of aromatic nitrogens is 4. The van der Waals surface area contributed by atoms with Crippen molar-refractivity contribution < 1.29 is 13.9 Å². The number of aliphatic hydroxyl groups is 1. The second kappa shape index (κ2) is 9.82. The van der Waals surface area contributed by atoms with Gasteiger partial charge >= 0.3 is 0 Å². The summed E-state index contributed by atoms with van der Waals surface area (Å²) in [4.78, 5) is 15.2. The number of anilines is 3. The lowest BCUT2D eigenvalue weighted by Crippen LogP contribution is -2.51. The second-order valence-electron chi connectivity index (χ2n) is 9.43. The fourth-order valence-electron chi connectivity index (χ4n) is 4.66. The molecule has 3 aromatic rings. The Morgan fingerprint density at radius 3 is 2.50 bits per heavy atom. The Labute approximate surface area is 208 Å². The monoisotopic (exact) mass is 496 g/mol. The third kappa shape index (κ3) is 5.02. The maximum absolute atomic E-state index is 13.6. The number of hydrogen-bond donors (Lipinski definition) is 2. The zero-order valence-corrected chi connectivity index (χ0v) is 20.3. The molecular weight excluding hydrogens is 466 g/mol. The largest absolute Gasteiger partial charge is 0.389 e. The molecule has 1 atom stereocenters. The van der Waals surface area contributed by atoms with Crippen molar-refractivity contribution in [2.45, 2.75) is 26.0 Å². The van der Waals surface area contributed by atoms with Crippen LogP contribution in [0.3, 0.4) is 0 Å². The molecule has 3 N–H and O–H groups in total. The van der Waals surface area contributed by atoms with Crippen LogP contribution in [0.25, 0.3) is 12.0 Å². The molecule has 0 bridgehead atoms. The molecule has 0 radical (unpaired) electrons. The van der Waals surface area contributed by atoms with Crippen LogP contribution in [0.4, 0.5) is 26.1 Å². The van der Waals surface area contributed by atoms with Crippen molar-refractivity contribution in [3.8, 4) is 5.95 Å². The molecule has 0 saturated carbocycles. The molecule has 0 spiro atoms. The van der Waals surface area contributed by atoms with Gasteiger partial charge in [-0.3, -0.25) is 4.90 Å². The van der Waals surface area contributed by atoms with Crippen molar-refractivity contribution in [1.82, 2.24) is 24.6 Å². The molecule has 0 aliphatic carbocycles. The number of nitrogens with two attached hydrogens (primary N) is 1. The van der Waals surface area contributed by atoms with Gasteiger partial charge in [-0.2, -0.15) is 15.1 Å². The highest BCUT2D eigenvalue weighted by Gasteiger charge is 2.27. The molecule has 2 aromatic heterocycles. The van der Waals surface area contributed by atoms with Crippen molar-refractivity contribution >= 4 is 23.4 Å². The van der Waals surface area contributed by atoms with Crippen LogP contribution in [0.5, 0.6) is 0 Å². The summed E-state index contributed by atoms with van der Waals surface area (Å²) >= 11 is 0. The van der Waals surface area contributed by atoms with Crippen molar-refractivity contribution in [3.05, 3.63) is 59.4 Å². The van der Waals surface area contributed by atoms with Crippen molar-refractivity contribution in [3.63, 3.8) is 0 Å². The molecule has 2 fully saturated rings. The topological polar surface area (TPSA) is 99.6 Å². The number of aliphatic hydroxyl groups excluding tert-OH is 1. The first kappa shape index (κ1) is 24.1. The van der Waals surface area contributed by atoms with E-state index in [1.165, 1.54) is 12.1 Å². The van der Waals surface area contributed by atoms with Gasteiger partial charge in [-0.1, -0.05) is 12.2 Å². The first-order chi connectivity index (χ1) is 17.3. The average Bonchev–Trinajstić information content (AvgIpc) is 3.17. The highest BCUT2D eigenvalue weighted by atomic mass is 19.1. The van der Waals surface area contributed by atoms with E-state index in [1.807, 2.05) is 22.8 Å². The maximum atomic E-state index is 13.6. The number of benzene rings is 1. The molecule has 1 unspecified atom stereocenters. The minimum absolute atomic E-state index is 0.220. The van der Waals surface area contributed by atoms with Crippen LogP contribution in [0, 0.1) is 18.6 Å². The van der Waals surface area contributed by atoms with Gasteiger partial charge in [0, 0.05) is 68.7 Å². The maximum Gasteiger partial charge on any atom is 0.254 e. The Hall–Kier alpha value is -3.57. The molecule has 11 heteroatoms. The smallest absolute Gasteiger partial charge is 0.254 e. The van der Waals surface area contributed by atoms with E-state index in [2.05, 4.69) is 33.0 Å². The highest BCUT2D eigenvalue weighted by Crippen LogP contribution is 2.24. The lowest BCUT2D eigenvalue weighted by Gasteiger charge is -2.40. The normalized spacial score (nSPS) is 19.3. The number of β-amino-alcohol motifs (C(OH)–C–C–N with tert-alkyl or cyclic N) is 1. The van der Waals surface area contributed by atoms with E-state index in [-0.39, 0.29) is 12.1 Å². The van der Waals surface area contributed by atoms with Gasteiger partial charge in [-0.05, 0) is 26.0 Å².